The summed E-state index contributed by atoms with van der Waals surface area (Å²) in [4.78, 5) is 17.9. The molecule has 8 heteroatoms. The Labute approximate surface area is 167 Å². The van der Waals surface area contributed by atoms with Crippen LogP contribution in [0, 0.1) is 6.92 Å². The Morgan fingerprint density at radius 3 is 2.70 bits per heavy atom. The number of nitrogens with one attached hydrogen (secondary N) is 1. The van der Waals surface area contributed by atoms with Gasteiger partial charge < -0.3 is 0 Å². The third kappa shape index (κ3) is 4.94. The third-order valence-corrected chi connectivity index (χ3v) is 6.18. The number of hydrogen-bond donors (Lipinski definition) is 1. The standard InChI is InChI=1S/C19H17ClN2O3S2/c1-12-6-7-16(27(2,24)25)10-17(12)18(23)22-19-21-11-15(26-19)9-13-4-3-5-14(20)8-13/h3-8,10-11H,9H2,1-2H3,(H,21,22,23). The Morgan fingerprint density at radius 2 is 2.00 bits per heavy atom. The lowest BCUT2D eigenvalue weighted by molar-refractivity contribution is 0.102. The smallest absolute Gasteiger partial charge is 0.257 e. The third-order valence-electron chi connectivity index (χ3n) is 3.92. The van der Waals surface area contributed by atoms with E-state index in [2.05, 4.69) is 10.3 Å². The van der Waals surface area contributed by atoms with Crippen molar-refractivity contribution in [2.75, 3.05) is 11.6 Å². The van der Waals surface area contributed by atoms with Crippen molar-refractivity contribution >= 4 is 43.8 Å². The van der Waals surface area contributed by atoms with Crippen molar-refractivity contribution in [1.29, 1.82) is 0 Å². The van der Waals surface area contributed by atoms with E-state index in [0.717, 1.165) is 16.7 Å². The van der Waals surface area contributed by atoms with Gasteiger partial charge in [0.1, 0.15) is 0 Å². The number of benzene rings is 2. The van der Waals surface area contributed by atoms with E-state index in [0.29, 0.717) is 27.7 Å². The fourth-order valence-electron chi connectivity index (χ4n) is 2.54. The number of rotatable bonds is 5. The van der Waals surface area contributed by atoms with Gasteiger partial charge in [-0.15, -0.1) is 11.3 Å². The van der Waals surface area contributed by atoms with Crippen molar-refractivity contribution in [2.24, 2.45) is 0 Å². The van der Waals surface area contributed by atoms with Crippen LogP contribution >= 0.6 is 22.9 Å². The van der Waals surface area contributed by atoms with Gasteiger partial charge in [-0.25, -0.2) is 13.4 Å². The molecule has 0 fully saturated rings. The molecule has 0 atom stereocenters. The van der Waals surface area contributed by atoms with Crippen molar-refractivity contribution in [2.45, 2.75) is 18.2 Å². The summed E-state index contributed by atoms with van der Waals surface area (Å²) in [5.41, 5.74) is 2.06. The van der Waals surface area contributed by atoms with E-state index in [1.807, 2.05) is 24.3 Å². The Kier molecular flexibility index (Phi) is 5.64. The zero-order valence-electron chi connectivity index (χ0n) is 14.7. The van der Waals surface area contributed by atoms with E-state index in [-0.39, 0.29) is 10.8 Å². The first-order valence-corrected chi connectivity index (χ1v) is 11.1. The first-order chi connectivity index (χ1) is 12.7. The molecule has 0 unspecified atom stereocenters. The number of carbonyl (C=O) groups is 1. The summed E-state index contributed by atoms with van der Waals surface area (Å²) < 4.78 is 23.5. The molecule has 0 saturated carbocycles. The van der Waals surface area contributed by atoms with Gasteiger partial charge in [0.25, 0.3) is 5.91 Å². The summed E-state index contributed by atoms with van der Waals surface area (Å²) in [6, 6.07) is 12.1. The maximum absolute atomic E-state index is 12.6. The van der Waals surface area contributed by atoms with Gasteiger partial charge in [0.05, 0.1) is 4.90 Å². The predicted molar refractivity (Wildman–Crippen MR) is 109 cm³/mol. The van der Waals surface area contributed by atoms with Crippen LogP contribution in [-0.2, 0) is 16.3 Å². The Hall–Kier alpha value is -2.22. The van der Waals surface area contributed by atoms with Gasteiger partial charge in [0.2, 0.25) is 0 Å². The number of aromatic nitrogens is 1. The number of aryl methyl sites for hydroxylation is 1. The number of nitrogens with zero attached hydrogens (tertiary/aromatic N) is 1. The molecule has 0 aliphatic carbocycles. The van der Waals surface area contributed by atoms with E-state index in [1.165, 1.54) is 23.5 Å². The molecule has 0 saturated heterocycles. The van der Waals surface area contributed by atoms with Crippen LogP contribution in [0.1, 0.15) is 26.4 Å². The molecule has 1 aromatic heterocycles. The highest BCUT2D eigenvalue weighted by Crippen LogP contribution is 2.24. The second-order valence-corrected chi connectivity index (χ2v) is 9.71. The molecule has 0 aliphatic heterocycles. The molecular formula is C19H17ClN2O3S2. The highest BCUT2D eigenvalue weighted by molar-refractivity contribution is 7.90. The van der Waals surface area contributed by atoms with Crippen LogP contribution in [0.4, 0.5) is 5.13 Å². The summed E-state index contributed by atoms with van der Waals surface area (Å²) >= 11 is 7.37. The number of halogens is 1. The highest BCUT2D eigenvalue weighted by atomic mass is 35.5. The molecule has 1 amide bonds. The lowest BCUT2D eigenvalue weighted by Gasteiger charge is -2.07. The Balaban J connectivity index is 1.76. The van der Waals surface area contributed by atoms with Gasteiger partial charge in [0, 0.05) is 34.3 Å². The largest absolute Gasteiger partial charge is 0.298 e. The lowest BCUT2D eigenvalue weighted by Crippen LogP contribution is -2.14. The van der Waals surface area contributed by atoms with Crippen LogP contribution < -0.4 is 5.32 Å². The Bertz CT molecular complexity index is 1110. The van der Waals surface area contributed by atoms with Crippen molar-refractivity contribution in [3.8, 4) is 0 Å². The number of amides is 1. The topological polar surface area (TPSA) is 76.1 Å². The van der Waals surface area contributed by atoms with Crippen LogP contribution in [0.25, 0.3) is 0 Å². The number of sulfone groups is 1. The van der Waals surface area contributed by atoms with E-state index in [9.17, 15) is 13.2 Å². The summed E-state index contributed by atoms with van der Waals surface area (Å²) in [6.45, 7) is 1.76. The average molecular weight is 421 g/mol. The minimum Gasteiger partial charge on any atom is -0.298 e. The second-order valence-electron chi connectivity index (χ2n) is 6.14. The van der Waals surface area contributed by atoms with E-state index in [1.54, 1.807) is 19.2 Å². The highest BCUT2D eigenvalue weighted by Gasteiger charge is 2.16. The average Bonchev–Trinajstić information content (AvgIpc) is 3.01. The molecule has 3 rings (SSSR count). The number of hydrogen-bond acceptors (Lipinski definition) is 5. The molecule has 0 spiro atoms. The molecule has 0 bridgehead atoms. The first-order valence-electron chi connectivity index (χ1n) is 8.03. The van der Waals surface area contributed by atoms with E-state index >= 15 is 0 Å². The molecule has 27 heavy (non-hydrogen) atoms. The maximum Gasteiger partial charge on any atom is 0.257 e. The van der Waals surface area contributed by atoms with Crippen molar-refractivity contribution < 1.29 is 13.2 Å². The fourth-order valence-corrected chi connectivity index (χ4v) is 4.24. The number of carbonyl (C=O) groups excluding carboxylic acids is 1. The van der Waals surface area contributed by atoms with E-state index < -0.39 is 9.84 Å². The molecule has 1 heterocycles. The molecule has 0 aliphatic rings. The quantitative estimate of drug-likeness (QED) is 0.665. The Morgan fingerprint density at radius 1 is 1.22 bits per heavy atom. The SMILES string of the molecule is Cc1ccc(S(C)(=O)=O)cc1C(=O)Nc1ncc(Cc2cccc(Cl)c2)s1. The van der Waals surface area contributed by atoms with Crippen molar-refractivity contribution in [3.63, 3.8) is 0 Å². The van der Waals surface area contributed by atoms with Crippen LogP contribution in [0.5, 0.6) is 0 Å². The maximum atomic E-state index is 12.6. The predicted octanol–water partition coefficient (Wildman–Crippen LogP) is 4.35. The second kappa shape index (κ2) is 7.80. The summed E-state index contributed by atoms with van der Waals surface area (Å²) in [5.74, 6) is -0.387. The van der Waals surface area contributed by atoms with Gasteiger partial charge >= 0.3 is 0 Å². The zero-order chi connectivity index (χ0) is 19.6. The number of thiazole rings is 1. The van der Waals surface area contributed by atoms with Gasteiger partial charge in [-0.3, -0.25) is 10.1 Å². The molecule has 140 valence electrons. The molecule has 3 aromatic rings. The number of anilines is 1. The van der Waals surface area contributed by atoms with Gasteiger partial charge in [-0.1, -0.05) is 29.8 Å². The van der Waals surface area contributed by atoms with Crippen LogP contribution in [-0.4, -0.2) is 25.6 Å². The molecule has 5 nitrogen and oxygen atoms in total. The fraction of sp³-hybridized carbons (Fsp3) is 0.158. The van der Waals surface area contributed by atoms with Gasteiger partial charge in [0.15, 0.2) is 15.0 Å². The van der Waals surface area contributed by atoms with Crippen LogP contribution in [0.2, 0.25) is 5.02 Å². The summed E-state index contributed by atoms with van der Waals surface area (Å²) in [6.07, 6.45) is 3.49. The normalized spacial score (nSPS) is 11.4. The lowest BCUT2D eigenvalue weighted by atomic mass is 10.1. The molecule has 1 N–H and O–H groups in total. The van der Waals surface area contributed by atoms with Crippen molar-refractivity contribution in [1.82, 2.24) is 4.98 Å². The summed E-state index contributed by atoms with van der Waals surface area (Å²) in [7, 11) is -3.39. The molecule has 2 aromatic carbocycles. The zero-order valence-corrected chi connectivity index (χ0v) is 17.1. The van der Waals surface area contributed by atoms with E-state index in [4.69, 9.17) is 11.6 Å². The van der Waals surface area contributed by atoms with Crippen LogP contribution in [0.3, 0.4) is 0 Å². The van der Waals surface area contributed by atoms with Gasteiger partial charge in [-0.05, 0) is 42.3 Å². The van der Waals surface area contributed by atoms with Crippen LogP contribution in [0.15, 0.2) is 53.6 Å². The van der Waals surface area contributed by atoms with Gasteiger partial charge in [-0.2, -0.15) is 0 Å². The first kappa shape index (κ1) is 19.5. The summed E-state index contributed by atoms with van der Waals surface area (Å²) in [5, 5.41) is 3.88. The monoisotopic (exact) mass is 420 g/mol. The minimum atomic E-state index is -3.39. The molecule has 0 radical (unpaired) electrons. The van der Waals surface area contributed by atoms with Crippen molar-refractivity contribution in [3.05, 3.63) is 75.3 Å². The molecular weight excluding hydrogens is 404 g/mol. The minimum absolute atomic E-state index is 0.110.